The minimum absolute atomic E-state index is 0.0124. The molecule has 2 saturated heterocycles. The van der Waals surface area contributed by atoms with Crippen molar-refractivity contribution in [3.8, 4) is 0 Å². The second-order valence-electron chi connectivity index (χ2n) is 8.91. The van der Waals surface area contributed by atoms with E-state index in [0.29, 0.717) is 31.4 Å². The Labute approximate surface area is 200 Å². The molecule has 0 bridgehead atoms. The summed E-state index contributed by atoms with van der Waals surface area (Å²) in [4.78, 5) is 14.7. The highest BCUT2D eigenvalue weighted by atomic mass is 32.2. The quantitative estimate of drug-likeness (QED) is 0.532. The highest BCUT2D eigenvalue weighted by Crippen LogP contribution is 2.25. The lowest BCUT2D eigenvalue weighted by Crippen LogP contribution is -2.38. The molecule has 3 heterocycles. The number of ether oxygens (including phenoxy) is 2. The predicted octanol–water partition coefficient (Wildman–Crippen LogP) is 2.87. The maximum absolute atomic E-state index is 12.5. The van der Waals surface area contributed by atoms with Crippen molar-refractivity contribution in [2.45, 2.75) is 56.8 Å². The van der Waals surface area contributed by atoms with Crippen LogP contribution in [-0.4, -0.2) is 72.0 Å². The topological polar surface area (TPSA) is 81.5 Å². The summed E-state index contributed by atoms with van der Waals surface area (Å²) in [5, 5.41) is 12.7. The first kappa shape index (κ1) is 24.0. The monoisotopic (exact) mass is 473 g/mol. The molecular weight excluding hydrogens is 438 g/mol. The van der Waals surface area contributed by atoms with Crippen LogP contribution in [0.5, 0.6) is 0 Å². The molecule has 0 spiro atoms. The van der Waals surface area contributed by atoms with Crippen LogP contribution in [0.4, 0.5) is 5.95 Å². The van der Waals surface area contributed by atoms with Gasteiger partial charge in [0.15, 0.2) is 5.16 Å². The highest BCUT2D eigenvalue weighted by molar-refractivity contribution is 7.99. The third-order valence-electron chi connectivity index (χ3n) is 6.12. The lowest BCUT2D eigenvalue weighted by atomic mass is 10.0. The molecule has 1 aromatic carbocycles. The van der Waals surface area contributed by atoms with Gasteiger partial charge in [0.2, 0.25) is 11.9 Å². The van der Waals surface area contributed by atoms with E-state index in [1.807, 2.05) is 0 Å². The van der Waals surface area contributed by atoms with Crippen molar-refractivity contribution in [1.29, 1.82) is 0 Å². The first-order valence-corrected chi connectivity index (χ1v) is 12.9. The zero-order valence-electron chi connectivity index (χ0n) is 19.7. The molecule has 2 aliphatic heterocycles. The summed E-state index contributed by atoms with van der Waals surface area (Å²) in [5.74, 6) is 1.71. The van der Waals surface area contributed by atoms with E-state index >= 15 is 0 Å². The summed E-state index contributed by atoms with van der Waals surface area (Å²) >= 11 is 1.44. The van der Waals surface area contributed by atoms with E-state index in [4.69, 9.17) is 9.47 Å². The second kappa shape index (κ2) is 11.9. The average Bonchev–Trinajstić information content (AvgIpc) is 3.49. The fourth-order valence-corrected chi connectivity index (χ4v) is 4.91. The van der Waals surface area contributed by atoms with Crippen molar-refractivity contribution in [2.75, 3.05) is 50.1 Å². The first-order chi connectivity index (χ1) is 16.1. The number of benzene rings is 1. The number of morpholine rings is 1. The Balaban J connectivity index is 1.30. The van der Waals surface area contributed by atoms with Gasteiger partial charge in [0.05, 0.1) is 31.6 Å². The lowest BCUT2D eigenvalue weighted by Gasteiger charge is -2.28. The number of nitrogens with one attached hydrogen (secondary N) is 1. The number of thioether (sulfide) groups is 1. The molecule has 1 N–H and O–H groups in total. The molecule has 0 aliphatic carbocycles. The van der Waals surface area contributed by atoms with Crippen LogP contribution in [0.1, 0.15) is 43.7 Å². The third kappa shape index (κ3) is 6.71. The number of carbonyl (C=O) groups is 1. The standard InChI is InChI=1S/C24H35N5O3S/c1-18(2)20-7-5-19(6-8-20)9-10-25-22(30)17-33-24-27-26-23(28-11-14-31-15-12-28)29(24)16-21-4-3-13-32-21/h5-8,18,21H,3-4,9-17H2,1-2H3,(H,25,30)/t21-/m0/s1. The summed E-state index contributed by atoms with van der Waals surface area (Å²) in [5.41, 5.74) is 2.57. The van der Waals surface area contributed by atoms with E-state index in [0.717, 1.165) is 56.6 Å². The number of hydrogen-bond acceptors (Lipinski definition) is 7. The van der Waals surface area contributed by atoms with Crippen molar-refractivity contribution in [3.05, 3.63) is 35.4 Å². The summed E-state index contributed by atoms with van der Waals surface area (Å²) in [6.45, 7) is 9.52. The third-order valence-corrected chi connectivity index (χ3v) is 7.08. The maximum atomic E-state index is 12.5. The van der Waals surface area contributed by atoms with E-state index in [-0.39, 0.29) is 12.0 Å². The molecule has 0 unspecified atom stereocenters. The summed E-state index contributed by atoms with van der Waals surface area (Å²) in [7, 11) is 0. The fraction of sp³-hybridized carbons (Fsp3) is 0.625. The Kier molecular flexibility index (Phi) is 8.63. The molecule has 33 heavy (non-hydrogen) atoms. The minimum Gasteiger partial charge on any atom is -0.378 e. The van der Waals surface area contributed by atoms with Gasteiger partial charge >= 0.3 is 0 Å². The largest absolute Gasteiger partial charge is 0.378 e. The Morgan fingerprint density at radius 1 is 1.18 bits per heavy atom. The molecule has 2 fully saturated rings. The average molecular weight is 474 g/mol. The smallest absolute Gasteiger partial charge is 0.230 e. The van der Waals surface area contributed by atoms with Gasteiger partial charge in [0, 0.05) is 26.2 Å². The molecular formula is C24H35N5O3S. The number of aromatic nitrogens is 3. The molecule has 4 rings (SSSR count). The minimum atomic E-state index is 0.0124. The number of hydrogen-bond donors (Lipinski definition) is 1. The Bertz CT molecular complexity index is 890. The molecule has 2 aromatic rings. The molecule has 180 valence electrons. The van der Waals surface area contributed by atoms with Crippen LogP contribution < -0.4 is 10.2 Å². The highest BCUT2D eigenvalue weighted by Gasteiger charge is 2.25. The number of nitrogens with zero attached hydrogens (tertiary/aromatic N) is 4. The molecule has 1 atom stereocenters. The van der Waals surface area contributed by atoms with Crippen LogP contribution in [0.15, 0.2) is 29.4 Å². The van der Waals surface area contributed by atoms with Gasteiger partial charge in [-0.25, -0.2) is 0 Å². The molecule has 1 aromatic heterocycles. The first-order valence-electron chi connectivity index (χ1n) is 12.0. The molecule has 8 nitrogen and oxygen atoms in total. The second-order valence-corrected chi connectivity index (χ2v) is 9.86. The molecule has 0 saturated carbocycles. The van der Waals surface area contributed by atoms with Crippen LogP contribution >= 0.6 is 11.8 Å². The number of anilines is 1. The Hall–Kier alpha value is -2.10. The van der Waals surface area contributed by atoms with Crippen molar-refractivity contribution in [3.63, 3.8) is 0 Å². The van der Waals surface area contributed by atoms with Gasteiger partial charge in [-0.3, -0.25) is 9.36 Å². The maximum Gasteiger partial charge on any atom is 0.230 e. The van der Waals surface area contributed by atoms with Crippen LogP contribution in [-0.2, 0) is 27.2 Å². The number of rotatable bonds is 10. The van der Waals surface area contributed by atoms with Crippen LogP contribution in [0.3, 0.4) is 0 Å². The van der Waals surface area contributed by atoms with Gasteiger partial charge in [-0.15, -0.1) is 10.2 Å². The Morgan fingerprint density at radius 3 is 2.67 bits per heavy atom. The van der Waals surface area contributed by atoms with Crippen LogP contribution in [0.2, 0.25) is 0 Å². The van der Waals surface area contributed by atoms with E-state index in [9.17, 15) is 4.79 Å². The van der Waals surface area contributed by atoms with Crippen molar-refractivity contribution in [2.24, 2.45) is 0 Å². The Morgan fingerprint density at radius 2 is 1.97 bits per heavy atom. The van der Waals surface area contributed by atoms with Gasteiger partial charge in [-0.1, -0.05) is 49.9 Å². The molecule has 2 aliphatic rings. The van der Waals surface area contributed by atoms with Gasteiger partial charge in [-0.05, 0) is 36.3 Å². The zero-order chi connectivity index (χ0) is 23.0. The summed E-state index contributed by atoms with van der Waals surface area (Å²) < 4.78 is 13.5. The number of amides is 1. The fourth-order valence-electron chi connectivity index (χ4n) is 4.13. The van der Waals surface area contributed by atoms with E-state index < -0.39 is 0 Å². The van der Waals surface area contributed by atoms with Crippen molar-refractivity contribution >= 4 is 23.6 Å². The molecule has 9 heteroatoms. The van der Waals surface area contributed by atoms with Crippen molar-refractivity contribution in [1.82, 2.24) is 20.1 Å². The molecule has 0 radical (unpaired) electrons. The van der Waals surface area contributed by atoms with Crippen LogP contribution in [0.25, 0.3) is 0 Å². The van der Waals surface area contributed by atoms with Gasteiger partial charge in [-0.2, -0.15) is 0 Å². The summed E-state index contributed by atoms with van der Waals surface area (Å²) in [6.07, 6.45) is 3.13. The SMILES string of the molecule is CC(C)c1ccc(CCNC(=O)CSc2nnc(N3CCOCC3)n2C[C@@H]2CCCO2)cc1. The van der Waals surface area contributed by atoms with E-state index in [1.54, 1.807) is 0 Å². The van der Waals surface area contributed by atoms with Crippen molar-refractivity contribution < 1.29 is 14.3 Å². The van der Waals surface area contributed by atoms with Gasteiger partial charge in [0.1, 0.15) is 0 Å². The zero-order valence-corrected chi connectivity index (χ0v) is 20.5. The molecule has 1 amide bonds. The van der Waals surface area contributed by atoms with Gasteiger partial charge in [0.25, 0.3) is 0 Å². The van der Waals surface area contributed by atoms with E-state index in [1.165, 1.54) is 22.9 Å². The van der Waals surface area contributed by atoms with E-state index in [2.05, 4.69) is 63.1 Å². The lowest BCUT2D eigenvalue weighted by molar-refractivity contribution is -0.118. The summed E-state index contributed by atoms with van der Waals surface area (Å²) in [6, 6.07) is 8.64. The predicted molar refractivity (Wildman–Crippen MR) is 130 cm³/mol. The van der Waals surface area contributed by atoms with Gasteiger partial charge < -0.3 is 19.7 Å². The van der Waals surface area contributed by atoms with Crippen LogP contribution in [0, 0.1) is 0 Å². The normalized spacial score (nSPS) is 18.8. The number of carbonyl (C=O) groups excluding carboxylic acids is 1.